The number of halogens is 2. The first-order chi connectivity index (χ1) is 14.8. The average Bonchev–Trinajstić information content (AvgIpc) is 3.27. The normalized spacial score (nSPS) is 26.1. The summed E-state index contributed by atoms with van der Waals surface area (Å²) in [4.78, 5) is 12.1. The fourth-order valence-electron chi connectivity index (χ4n) is 3.11. The van der Waals surface area contributed by atoms with E-state index < -0.39 is 49.3 Å². The van der Waals surface area contributed by atoms with Crippen LogP contribution in [0.5, 0.6) is 5.75 Å². The molecule has 2 aromatic rings. The summed E-state index contributed by atoms with van der Waals surface area (Å²) in [7, 11) is 0. The van der Waals surface area contributed by atoms with E-state index in [-0.39, 0.29) is 44.2 Å². The van der Waals surface area contributed by atoms with Crippen molar-refractivity contribution in [3.05, 3.63) is 43.6 Å². The predicted molar refractivity (Wildman–Crippen MR) is 106 cm³/mol. The van der Waals surface area contributed by atoms with Gasteiger partial charge in [-0.25, -0.2) is 0 Å². The Kier molecular flexibility index (Phi) is 8.41. The number of carbonyl (C=O) groups is 1. The Labute approximate surface area is 186 Å². The molecule has 0 bridgehead atoms. The van der Waals surface area contributed by atoms with E-state index in [0.29, 0.717) is 6.42 Å². The zero-order valence-electron chi connectivity index (χ0n) is 16.2. The van der Waals surface area contributed by atoms with Crippen LogP contribution in [0, 0.1) is 0 Å². The van der Waals surface area contributed by atoms with Crippen LogP contribution in [0.15, 0.2) is 34.4 Å². The summed E-state index contributed by atoms with van der Waals surface area (Å²) in [6.45, 7) is -0.674. The SMILES string of the molecule is O=C(CCc1ccc[te]1)Nc1ccc(OC2OC(CO)C(O)C(O)C2O)c(C(F)F)c1. The first kappa shape index (κ1) is 24.1. The van der Waals surface area contributed by atoms with Gasteiger partial charge in [-0.05, 0) is 0 Å². The summed E-state index contributed by atoms with van der Waals surface area (Å²) in [5, 5.41) is 41.5. The van der Waals surface area contributed by atoms with Gasteiger partial charge in [0.2, 0.25) is 0 Å². The fourth-order valence-corrected chi connectivity index (χ4v) is 5.13. The molecule has 1 saturated heterocycles. The van der Waals surface area contributed by atoms with Gasteiger partial charge in [0.05, 0.1) is 6.61 Å². The van der Waals surface area contributed by atoms with Gasteiger partial charge in [0.15, 0.2) is 0 Å². The van der Waals surface area contributed by atoms with Crippen molar-refractivity contribution in [1.29, 1.82) is 0 Å². The van der Waals surface area contributed by atoms with Crippen LogP contribution in [-0.4, -0.2) is 84.1 Å². The van der Waals surface area contributed by atoms with Gasteiger partial charge in [-0.3, -0.25) is 0 Å². The number of hydrogen-bond acceptors (Lipinski definition) is 7. The van der Waals surface area contributed by atoms with Crippen LogP contribution in [0.1, 0.15) is 22.0 Å². The van der Waals surface area contributed by atoms with Crippen LogP contribution < -0.4 is 10.1 Å². The number of hydrogen-bond donors (Lipinski definition) is 5. The quantitative estimate of drug-likeness (QED) is 0.299. The van der Waals surface area contributed by atoms with E-state index in [1.807, 2.05) is 12.1 Å². The van der Waals surface area contributed by atoms with Crippen molar-refractivity contribution in [3.63, 3.8) is 0 Å². The Hall–Kier alpha value is -1.58. The number of ether oxygens (including phenoxy) is 2. The molecule has 31 heavy (non-hydrogen) atoms. The third-order valence-electron chi connectivity index (χ3n) is 4.80. The number of nitrogens with one attached hydrogen (secondary N) is 1. The van der Waals surface area contributed by atoms with E-state index in [2.05, 4.69) is 9.40 Å². The standard InChI is InChI=1S/C20H23F2NO7Te/c21-19(22)12-8-10(23-15(25)6-4-11-2-1-7-31-11)3-5-13(12)29-20-18(28)17(27)16(26)14(9-24)30-20/h1-3,5,7-8,14,16-20,24,26-28H,4,6,9H2,(H,23,25). The van der Waals surface area contributed by atoms with Gasteiger partial charge < -0.3 is 20.4 Å². The number of anilines is 1. The van der Waals surface area contributed by atoms with Gasteiger partial charge >= 0.3 is 141 Å². The summed E-state index contributed by atoms with van der Waals surface area (Å²) in [5.41, 5.74) is -0.388. The molecule has 170 valence electrons. The Morgan fingerprint density at radius 3 is 2.61 bits per heavy atom. The van der Waals surface area contributed by atoms with E-state index in [1.54, 1.807) is 0 Å². The van der Waals surface area contributed by atoms with Crippen molar-refractivity contribution in [1.82, 2.24) is 0 Å². The van der Waals surface area contributed by atoms with Gasteiger partial charge in [0.25, 0.3) is 0 Å². The zero-order valence-corrected chi connectivity index (χ0v) is 18.6. The molecule has 1 aromatic carbocycles. The number of carbonyl (C=O) groups excluding carboxylic acids is 1. The van der Waals surface area contributed by atoms with Gasteiger partial charge in [-0.2, -0.15) is 0 Å². The second kappa shape index (κ2) is 10.8. The van der Waals surface area contributed by atoms with Crippen LogP contribution in [-0.2, 0) is 16.0 Å². The van der Waals surface area contributed by atoms with E-state index in [1.165, 1.54) is 15.7 Å². The summed E-state index contributed by atoms with van der Waals surface area (Å²) in [5.74, 6) is -0.631. The van der Waals surface area contributed by atoms with Crippen LogP contribution in [0.2, 0.25) is 0 Å². The maximum atomic E-state index is 13.6. The maximum absolute atomic E-state index is 13.6. The minimum atomic E-state index is -2.96. The van der Waals surface area contributed by atoms with Gasteiger partial charge in [-0.1, -0.05) is 0 Å². The molecular formula is C20H23F2NO7Te. The van der Waals surface area contributed by atoms with Gasteiger partial charge in [0.1, 0.15) is 18.3 Å². The van der Waals surface area contributed by atoms with Crippen molar-refractivity contribution in [3.8, 4) is 5.75 Å². The Morgan fingerprint density at radius 2 is 1.97 bits per heavy atom. The molecule has 11 heteroatoms. The van der Waals surface area contributed by atoms with Crippen molar-refractivity contribution >= 4 is 32.0 Å². The van der Waals surface area contributed by atoms with E-state index in [4.69, 9.17) is 9.47 Å². The fraction of sp³-hybridized carbons (Fsp3) is 0.450. The molecule has 5 N–H and O–H groups in total. The number of aryl methyl sites for hydroxylation is 1. The number of amides is 1. The van der Waals surface area contributed by atoms with Crippen molar-refractivity contribution in [2.24, 2.45) is 0 Å². The second-order valence-corrected chi connectivity index (χ2v) is 9.94. The summed E-state index contributed by atoms with van der Waals surface area (Å²) >= 11 is -0.329. The minimum absolute atomic E-state index is 0.163. The summed E-state index contributed by atoms with van der Waals surface area (Å²) in [6.07, 6.45) is -9.94. The Morgan fingerprint density at radius 1 is 1.19 bits per heavy atom. The molecule has 1 fully saturated rings. The second-order valence-electron chi connectivity index (χ2n) is 7.00. The van der Waals surface area contributed by atoms with Crippen LogP contribution in [0.4, 0.5) is 14.5 Å². The van der Waals surface area contributed by atoms with Crippen molar-refractivity contribution in [2.75, 3.05) is 11.9 Å². The van der Waals surface area contributed by atoms with E-state index in [9.17, 15) is 34.0 Å². The summed E-state index contributed by atoms with van der Waals surface area (Å²) < 4.78 is 41.1. The molecule has 0 aliphatic carbocycles. The first-order valence-electron chi connectivity index (χ1n) is 9.51. The van der Waals surface area contributed by atoms with E-state index >= 15 is 0 Å². The van der Waals surface area contributed by atoms with E-state index in [0.717, 1.165) is 6.07 Å². The average molecular weight is 555 g/mol. The van der Waals surface area contributed by atoms with Gasteiger partial charge in [-0.15, -0.1) is 0 Å². The van der Waals surface area contributed by atoms with Crippen molar-refractivity contribution in [2.45, 2.75) is 50.0 Å². The zero-order chi connectivity index (χ0) is 22.5. The molecule has 1 aromatic heterocycles. The molecule has 1 amide bonds. The Bertz CT molecular complexity index is 865. The molecule has 1 aliphatic rings. The van der Waals surface area contributed by atoms with Crippen LogP contribution >= 0.6 is 0 Å². The molecule has 0 saturated carbocycles. The monoisotopic (exact) mass is 557 g/mol. The molecule has 0 radical (unpaired) electrons. The third kappa shape index (κ3) is 6.02. The Balaban J connectivity index is 1.69. The number of alkyl halides is 2. The van der Waals surface area contributed by atoms with Gasteiger partial charge in [0, 0.05) is 0 Å². The third-order valence-corrected chi connectivity index (χ3v) is 7.47. The molecule has 5 unspecified atom stereocenters. The molecule has 5 atom stereocenters. The van der Waals surface area contributed by atoms with Crippen LogP contribution in [0.3, 0.4) is 0 Å². The molecule has 0 spiro atoms. The first-order valence-corrected chi connectivity index (χ1v) is 12.0. The number of rotatable bonds is 8. The molecule has 3 rings (SSSR count). The number of aliphatic hydroxyl groups is 4. The molecule has 2 heterocycles. The molecular weight excluding hydrogens is 532 g/mol. The topological polar surface area (TPSA) is 128 Å². The predicted octanol–water partition coefficient (Wildman–Crippen LogP) is 0.431. The van der Waals surface area contributed by atoms with Crippen molar-refractivity contribution < 1.29 is 43.5 Å². The summed E-state index contributed by atoms with van der Waals surface area (Å²) in [6, 6.07) is 7.59. The van der Waals surface area contributed by atoms with Crippen LogP contribution in [0.25, 0.3) is 0 Å². The molecule has 1 aliphatic heterocycles. The number of benzene rings is 1. The number of aliphatic hydroxyl groups excluding tert-OH is 4. The molecule has 8 nitrogen and oxygen atoms in total.